The average Bonchev–Trinajstić information content (AvgIpc) is 3.26. The lowest BCUT2D eigenvalue weighted by Crippen LogP contribution is -2.45. The highest BCUT2D eigenvalue weighted by atomic mass is 16.6. The van der Waals surface area contributed by atoms with Crippen LogP contribution in [0.2, 0.25) is 0 Å². The van der Waals surface area contributed by atoms with Crippen LogP contribution in [0, 0.1) is 5.41 Å². The van der Waals surface area contributed by atoms with Crippen molar-refractivity contribution in [3.63, 3.8) is 0 Å². The third-order valence-corrected chi connectivity index (χ3v) is 7.39. The van der Waals surface area contributed by atoms with Crippen molar-refractivity contribution < 1.29 is 14.3 Å². The second-order valence-electron chi connectivity index (χ2n) is 11.7. The average molecular weight is 540 g/mol. The summed E-state index contributed by atoms with van der Waals surface area (Å²) in [5.74, 6) is -0.145. The van der Waals surface area contributed by atoms with Crippen LogP contribution in [0.15, 0.2) is 66.7 Å². The zero-order valence-corrected chi connectivity index (χ0v) is 23.3. The van der Waals surface area contributed by atoms with Gasteiger partial charge in [-0.2, -0.15) is 0 Å². The van der Waals surface area contributed by atoms with Crippen molar-refractivity contribution in [2.45, 2.75) is 70.7 Å². The van der Waals surface area contributed by atoms with Gasteiger partial charge in [-0.1, -0.05) is 48.5 Å². The van der Waals surface area contributed by atoms with Gasteiger partial charge in [0.15, 0.2) is 0 Å². The molecule has 1 aliphatic carbocycles. The van der Waals surface area contributed by atoms with Crippen LogP contribution in [-0.2, 0) is 11.3 Å². The molecule has 0 bridgehead atoms. The van der Waals surface area contributed by atoms with E-state index >= 15 is 0 Å². The van der Waals surface area contributed by atoms with Gasteiger partial charge in [0.1, 0.15) is 17.1 Å². The van der Waals surface area contributed by atoms with Gasteiger partial charge in [-0.25, -0.2) is 4.79 Å². The predicted molar refractivity (Wildman–Crippen MR) is 159 cm³/mol. The molecule has 8 nitrogen and oxygen atoms in total. The minimum Gasteiger partial charge on any atom is -0.444 e. The molecule has 0 aliphatic heterocycles. The van der Waals surface area contributed by atoms with E-state index in [-0.39, 0.29) is 23.8 Å². The normalized spacial score (nSPS) is 17.5. The van der Waals surface area contributed by atoms with E-state index in [2.05, 4.69) is 41.0 Å². The molecular formula is C32H37N5O3. The Morgan fingerprint density at radius 1 is 0.900 bits per heavy atom. The molecule has 208 valence electrons. The number of ether oxygens (including phenoxy) is 1. The number of nitrogens with zero attached hydrogens (tertiary/aromatic N) is 1. The van der Waals surface area contributed by atoms with Crippen LogP contribution in [0.3, 0.4) is 0 Å². The Morgan fingerprint density at radius 3 is 2.23 bits per heavy atom. The molecule has 1 heterocycles. The molecule has 1 saturated carbocycles. The van der Waals surface area contributed by atoms with Gasteiger partial charge in [0.2, 0.25) is 0 Å². The molecule has 8 heteroatoms. The highest BCUT2D eigenvalue weighted by molar-refractivity contribution is 6.02. The summed E-state index contributed by atoms with van der Waals surface area (Å²) >= 11 is 0. The van der Waals surface area contributed by atoms with Crippen molar-refractivity contribution in [2.75, 3.05) is 0 Å². The Bertz CT molecular complexity index is 1570. The van der Waals surface area contributed by atoms with Crippen LogP contribution in [0.4, 0.5) is 4.79 Å². The maximum absolute atomic E-state index is 13.7. The molecule has 40 heavy (non-hydrogen) atoms. The number of nitrogens with one attached hydrogen (secondary N) is 3. The number of hydrogen-bond acceptors (Lipinski definition) is 4. The fourth-order valence-corrected chi connectivity index (χ4v) is 5.42. The zero-order valence-electron chi connectivity index (χ0n) is 23.3. The first-order valence-corrected chi connectivity index (χ1v) is 13.8. The predicted octanol–water partition coefficient (Wildman–Crippen LogP) is 5.69. The van der Waals surface area contributed by atoms with Gasteiger partial charge in [-0.05, 0) is 81.0 Å². The number of hydrogen-bond donors (Lipinski definition) is 4. The summed E-state index contributed by atoms with van der Waals surface area (Å²) in [4.78, 5) is 25.8. The van der Waals surface area contributed by atoms with Crippen LogP contribution >= 0.6 is 0 Å². The van der Waals surface area contributed by atoms with Gasteiger partial charge >= 0.3 is 6.09 Å². The number of amides is 2. The maximum atomic E-state index is 13.7. The van der Waals surface area contributed by atoms with Crippen LogP contribution in [0.25, 0.3) is 21.7 Å². The van der Waals surface area contributed by atoms with Gasteiger partial charge in [0.25, 0.3) is 5.91 Å². The van der Waals surface area contributed by atoms with Crippen molar-refractivity contribution in [1.29, 1.82) is 5.41 Å². The minimum absolute atomic E-state index is 0.0110. The van der Waals surface area contributed by atoms with Crippen LogP contribution < -0.4 is 16.4 Å². The summed E-state index contributed by atoms with van der Waals surface area (Å²) in [7, 11) is 0. The Kier molecular flexibility index (Phi) is 7.52. The van der Waals surface area contributed by atoms with Crippen LogP contribution in [0.5, 0.6) is 0 Å². The third kappa shape index (κ3) is 6.28. The monoisotopic (exact) mass is 539 g/mol. The second-order valence-corrected chi connectivity index (χ2v) is 11.7. The molecule has 0 atom stereocenters. The van der Waals surface area contributed by atoms with Crippen molar-refractivity contribution in [3.8, 4) is 0 Å². The number of carbonyl (C=O) groups excluding carboxylic acids is 2. The fourth-order valence-electron chi connectivity index (χ4n) is 5.42. The van der Waals surface area contributed by atoms with Crippen molar-refractivity contribution in [1.82, 2.24) is 15.2 Å². The summed E-state index contributed by atoms with van der Waals surface area (Å²) in [6, 6.07) is 22.1. The number of nitrogens with two attached hydrogens (primary N) is 1. The molecule has 0 saturated heterocycles. The number of aromatic nitrogens is 1. The van der Waals surface area contributed by atoms with E-state index in [0.29, 0.717) is 17.8 Å². The fraction of sp³-hybridized carbons (Fsp3) is 0.344. The Balaban J connectivity index is 1.35. The number of amidine groups is 1. The van der Waals surface area contributed by atoms with Gasteiger partial charge in [0.05, 0.1) is 0 Å². The van der Waals surface area contributed by atoms with Crippen molar-refractivity contribution >= 4 is 39.5 Å². The first kappa shape index (κ1) is 27.2. The largest absolute Gasteiger partial charge is 0.444 e. The van der Waals surface area contributed by atoms with Gasteiger partial charge < -0.3 is 25.7 Å². The summed E-state index contributed by atoms with van der Waals surface area (Å²) in [5, 5.41) is 17.3. The molecule has 5 N–H and O–H groups in total. The van der Waals surface area contributed by atoms with Crippen molar-refractivity contribution in [3.05, 3.63) is 83.6 Å². The van der Waals surface area contributed by atoms with Crippen molar-refractivity contribution in [2.24, 2.45) is 5.73 Å². The Labute approximate surface area is 234 Å². The first-order chi connectivity index (χ1) is 19.1. The molecule has 0 radical (unpaired) electrons. The molecule has 1 aromatic heterocycles. The molecular weight excluding hydrogens is 502 g/mol. The number of carbonyl (C=O) groups is 2. The van der Waals surface area contributed by atoms with Gasteiger partial charge in [-0.15, -0.1) is 0 Å². The second kappa shape index (κ2) is 11.0. The maximum Gasteiger partial charge on any atom is 0.407 e. The highest BCUT2D eigenvalue weighted by Crippen LogP contribution is 2.26. The lowest BCUT2D eigenvalue weighted by Gasteiger charge is -2.30. The first-order valence-electron chi connectivity index (χ1n) is 13.8. The third-order valence-electron chi connectivity index (χ3n) is 7.39. The van der Waals surface area contributed by atoms with E-state index in [1.807, 2.05) is 61.7 Å². The molecule has 2 amide bonds. The quantitative estimate of drug-likeness (QED) is 0.186. The summed E-state index contributed by atoms with van der Waals surface area (Å²) in [6.07, 6.45) is 2.68. The van der Waals surface area contributed by atoms with E-state index in [1.54, 1.807) is 0 Å². The Morgan fingerprint density at radius 2 is 1.55 bits per heavy atom. The number of nitrogen functional groups attached to an aromatic ring is 1. The zero-order chi connectivity index (χ0) is 28.4. The smallest absolute Gasteiger partial charge is 0.407 e. The molecule has 4 aromatic rings. The number of fused-ring (bicyclic) bond motifs is 2. The van der Waals surface area contributed by atoms with E-state index in [1.165, 1.54) is 0 Å². The molecule has 0 unspecified atom stereocenters. The van der Waals surface area contributed by atoms with E-state index < -0.39 is 11.7 Å². The van der Waals surface area contributed by atoms with Gasteiger partial charge in [0, 0.05) is 35.1 Å². The Hall–Kier alpha value is -4.33. The summed E-state index contributed by atoms with van der Waals surface area (Å²) in [5.41, 5.74) is 8.38. The highest BCUT2D eigenvalue weighted by Gasteiger charge is 2.27. The number of benzene rings is 3. The summed E-state index contributed by atoms with van der Waals surface area (Å²) < 4.78 is 7.39. The standard InChI is InChI=1S/C32H37N5O3/c1-32(2,3)40-31(39)36-26-14-12-25(13-15-26)35-30(38)28-17-23-10-11-24(29(33)34)18-27(23)37(28)19-20-8-9-21-6-4-5-7-22(21)16-20/h4-11,16-18,25-26H,12-15,19H2,1-3H3,(H3,33,34)(H,35,38)(H,36,39)/t25-,26-. The lowest BCUT2D eigenvalue weighted by molar-refractivity contribution is 0.0488. The van der Waals surface area contributed by atoms with E-state index in [0.717, 1.165) is 52.9 Å². The van der Waals surface area contributed by atoms with Crippen LogP contribution in [0.1, 0.15) is 68.1 Å². The molecule has 5 rings (SSSR count). The van der Waals surface area contributed by atoms with E-state index in [4.69, 9.17) is 15.9 Å². The SMILES string of the molecule is CC(C)(C)OC(=O)N[C@H]1CC[C@H](NC(=O)c2cc3ccc(C(=N)N)cc3n2Cc2ccc3ccccc3c2)CC1. The van der Waals surface area contributed by atoms with Gasteiger partial charge in [-0.3, -0.25) is 10.2 Å². The topological polar surface area (TPSA) is 122 Å². The number of rotatable bonds is 6. The summed E-state index contributed by atoms with van der Waals surface area (Å²) in [6.45, 7) is 6.04. The molecule has 1 aliphatic rings. The molecule has 1 fully saturated rings. The number of alkyl carbamates (subject to hydrolysis) is 1. The lowest BCUT2D eigenvalue weighted by atomic mass is 9.91. The van der Waals surface area contributed by atoms with Crippen LogP contribution in [-0.4, -0.2) is 40.1 Å². The van der Waals surface area contributed by atoms with E-state index in [9.17, 15) is 9.59 Å². The molecule has 3 aromatic carbocycles. The minimum atomic E-state index is -0.536. The molecule has 0 spiro atoms.